The number of rotatable bonds is 2. The zero-order valence-corrected chi connectivity index (χ0v) is 14.0. The summed E-state index contributed by atoms with van der Waals surface area (Å²) in [4.78, 5) is 13.4. The van der Waals surface area contributed by atoms with E-state index in [1.54, 1.807) is 0 Å². The minimum atomic E-state index is -0.233. The fourth-order valence-corrected chi connectivity index (χ4v) is 5.37. The lowest BCUT2D eigenvalue weighted by molar-refractivity contribution is -0.132. The quantitative estimate of drug-likeness (QED) is 0.720. The third kappa shape index (κ3) is 2.14. The van der Waals surface area contributed by atoms with Crippen LogP contribution in [0.15, 0.2) is 48.5 Å². The molecule has 3 aliphatic rings. The maximum atomic E-state index is 13.4. The van der Waals surface area contributed by atoms with Gasteiger partial charge in [0.1, 0.15) is 17.4 Å². The van der Waals surface area contributed by atoms with Crippen LogP contribution in [0.4, 0.5) is 8.78 Å². The molecular formula is C22H20F2O. The Morgan fingerprint density at radius 1 is 0.720 bits per heavy atom. The summed E-state index contributed by atoms with van der Waals surface area (Å²) in [5, 5.41) is 0. The van der Waals surface area contributed by atoms with Crippen LogP contribution >= 0.6 is 0 Å². The van der Waals surface area contributed by atoms with E-state index in [-0.39, 0.29) is 34.3 Å². The molecule has 0 radical (unpaired) electrons. The molecule has 4 atom stereocenters. The summed E-state index contributed by atoms with van der Waals surface area (Å²) in [6.07, 6.45) is 4.77. The van der Waals surface area contributed by atoms with E-state index in [1.165, 1.54) is 24.3 Å². The fraction of sp³-hybridized carbons (Fsp3) is 0.409. The van der Waals surface area contributed by atoms with Crippen LogP contribution in [0.3, 0.4) is 0 Å². The van der Waals surface area contributed by atoms with Gasteiger partial charge in [-0.1, -0.05) is 30.7 Å². The second-order valence-electron chi connectivity index (χ2n) is 8.11. The normalized spacial score (nSPS) is 36.0. The number of halogens is 2. The minimum absolute atomic E-state index is 0.231. The van der Waals surface area contributed by atoms with Crippen LogP contribution in [-0.2, 0) is 4.79 Å². The minimum Gasteiger partial charge on any atom is -0.298 e. The molecule has 0 amide bonds. The summed E-state index contributed by atoms with van der Waals surface area (Å²) in [5.41, 5.74) is 1.71. The Balaban J connectivity index is 1.41. The SMILES string of the molecule is O=C1[C@]2(CCC[C@]13C[C@H]3c1ccc(F)cc1)C[C@H]2c1ccc(F)cc1. The van der Waals surface area contributed by atoms with Gasteiger partial charge >= 0.3 is 0 Å². The molecule has 3 fully saturated rings. The highest BCUT2D eigenvalue weighted by Gasteiger charge is 2.72. The highest BCUT2D eigenvalue weighted by atomic mass is 19.1. The van der Waals surface area contributed by atoms with Gasteiger partial charge in [0.25, 0.3) is 0 Å². The molecule has 0 heterocycles. The molecular weight excluding hydrogens is 318 g/mol. The molecule has 128 valence electrons. The maximum absolute atomic E-state index is 13.4. The number of carbonyl (C=O) groups is 1. The molecule has 2 aromatic rings. The summed E-state index contributed by atoms with van der Waals surface area (Å²) < 4.78 is 26.4. The van der Waals surface area contributed by atoms with Crippen LogP contribution in [0.1, 0.15) is 55.1 Å². The lowest BCUT2D eigenvalue weighted by Gasteiger charge is -2.30. The standard InChI is InChI=1S/C22H20F2O/c23-16-6-2-14(3-7-16)18-12-21(18)10-1-11-22(20(21)25)13-19(22)15-4-8-17(24)9-5-15/h2-9,18-19H,1,10-13H2/t18-,19-,21+,22+/m0/s1. The zero-order valence-electron chi connectivity index (χ0n) is 14.0. The van der Waals surface area contributed by atoms with Gasteiger partial charge in [-0.3, -0.25) is 4.79 Å². The first-order valence-electron chi connectivity index (χ1n) is 9.11. The molecule has 25 heavy (non-hydrogen) atoms. The summed E-state index contributed by atoms with van der Waals surface area (Å²) in [6.45, 7) is 0. The van der Waals surface area contributed by atoms with Gasteiger partial charge in [0.2, 0.25) is 0 Å². The Morgan fingerprint density at radius 2 is 1.12 bits per heavy atom. The molecule has 3 aliphatic carbocycles. The highest BCUT2D eigenvalue weighted by molar-refractivity contribution is 5.98. The monoisotopic (exact) mass is 338 g/mol. The van der Waals surface area contributed by atoms with Crippen molar-refractivity contribution in [2.45, 2.75) is 43.9 Å². The molecule has 1 nitrogen and oxygen atoms in total. The smallest absolute Gasteiger partial charge is 0.146 e. The summed E-state index contributed by atoms with van der Waals surface area (Å²) in [5.74, 6) is 0.432. The molecule has 0 N–H and O–H groups in total. The summed E-state index contributed by atoms with van der Waals surface area (Å²) in [7, 11) is 0. The Hall–Kier alpha value is -2.03. The fourth-order valence-electron chi connectivity index (χ4n) is 5.37. The van der Waals surface area contributed by atoms with Crippen LogP contribution in [-0.4, -0.2) is 5.78 Å². The van der Waals surface area contributed by atoms with E-state index in [1.807, 2.05) is 24.3 Å². The van der Waals surface area contributed by atoms with Crippen molar-refractivity contribution in [3.8, 4) is 0 Å². The van der Waals surface area contributed by atoms with Crippen molar-refractivity contribution < 1.29 is 13.6 Å². The van der Waals surface area contributed by atoms with Crippen molar-refractivity contribution in [1.82, 2.24) is 0 Å². The Bertz CT molecular complexity index is 772. The molecule has 5 rings (SSSR count). The van der Waals surface area contributed by atoms with Gasteiger partial charge in [0.05, 0.1) is 0 Å². The predicted octanol–water partition coefficient (Wildman–Crippen LogP) is 5.37. The number of benzene rings is 2. The second-order valence-corrected chi connectivity index (χ2v) is 8.11. The van der Waals surface area contributed by atoms with E-state index in [2.05, 4.69) is 0 Å². The van der Waals surface area contributed by atoms with Gasteiger partial charge in [0, 0.05) is 10.8 Å². The lowest BCUT2D eigenvalue weighted by Crippen LogP contribution is -2.33. The van der Waals surface area contributed by atoms with Gasteiger partial charge in [-0.05, 0) is 72.9 Å². The van der Waals surface area contributed by atoms with Gasteiger partial charge in [-0.2, -0.15) is 0 Å². The molecule has 0 saturated heterocycles. The third-order valence-electron chi connectivity index (χ3n) is 6.85. The van der Waals surface area contributed by atoms with E-state index in [0.717, 1.165) is 43.2 Å². The molecule has 0 unspecified atom stereocenters. The summed E-state index contributed by atoms with van der Waals surface area (Å²) in [6, 6.07) is 13.3. The zero-order chi connectivity index (χ0) is 17.2. The van der Waals surface area contributed by atoms with Crippen LogP contribution < -0.4 is 0 Å². The van der Waals surface area contributed by atoms with Gasteiger partial charge in [-0.15, -0.1) is 0 Å². The first-order chi connectivity index (χ1) is 12.1. The van der Waals surface area contributed by atoms with Gasteiger partial charge in [-0.25, -0.2) is 8.78 Å². The number of ketones is 1. The van der Waals surface area contributed by atoms with E-state index in [0.29, 0.717) is 5.78 Å². The molecule has 0 aliphatic heterocycles. The molecule has 2 aromatic carbocycles. The molecule has 3 saturated carbocycles. The van der Waals surface area contributed by atoms with Crippen molar-refractivity contribution >= 4 is 5.78 Å². The topological polar surface area (TPSA) is 17.1 Å². The molecule has 2 spiro atoms. The largest absolute Gasteiger partial charge is 0.298 e. The molecule has 0 aromatic heterocycles. The van der Waals surface area contributed by atoms with Gasteiger partial charge in [0.15, 0.2) is 0 Å². The van der Waals surface area contributed by atoms with Crippen molar-refractivity contribution in [1.29, 1.82) is 0 Å². The van der Waals surface area contributed by atoms with Gasteiger partial charge < -0.3 is 0 Å². The third-order valence-corrected chi connectivity index (χ3v) is 6.85. The van der Waals surface area contributed by atoms with E-state index >= 15 is 0 Å². The average Bonchev–Trinajstić information content (AvgIpc) is 3.51. The van der Waals surface area contributed by atoms with E-state index in [4.69, 9.17) is 0 Å². The Morgan fingerprint density at radius 3 is 1.52 bits per heavy atom. The first kappa shape index (κ1) is 15.2. The summed E-state index contributed by atoms with van der Waals surface area (Å²) >= 11 is 0. The average molecular weight is 338 g/mol. The lowest BCUT2D eigenvalue weighted by atomic mass is 9.72. The molecule has 3 heteroatoms. The van der Waals surface area contributed by atoms with Crippen LogP contribution in [0.5, 0.6) is 0 Å². The number of hydrogen-bond acceptors (Lipinski definition) is 1. The van der Waals surface area contributed by atoms with Crippen molar-refractivity contribution in [2.75, 3.05) is 0 Å². The number of Topliss-reactive ketones (excluding diaryl/α,β-unsaturated/α-hetero) is 1. The van der Waals surface area contributed by atoms with Crippen molar-refractivity contribution in [2.24, 2.45) is 10.8 Å². The van der Waals surface area contributed by atoms with Crippen LogP contribution in [0.25, 0.3) is 0 Å². The highest BCUT2D eigenvalue weighted by Crippen LogP contribution is 2.75. The molecule has 0 bridgehead atoms. The number of hydrogen-bond donors (Lipinski definition) is 0. The van der Waals surface area contributed by atoms with Crippen molar-refractivity contribution in [3.05, 3.63) is 71.3 Å². The Kier molecular flexibility index (Phi) is 3.05. The predicted molar refractivity (Wildman–Crippen MR) is 91.2 cm³/mol. The Labute approximate surface area is 146 Å². The van der Waals surface area contributed by atoms with Crippen LogP contribution in [0, 0.1) is 22.5 Å². The van der Waals surface area contributed by atoms with Crippen molar-refractivity contribution in [3.63, 3.8) is 0 Å². The van der Waals surface area contributed by atoms with Crippen LogP contribution in [0.2, 0.25) is 0 Å². The first-order valence-corrected chi connectivity index (χ1v) is 9.11. The van der Waals surface area contributed by atoms with E-state index in [9.17, 15) is 13.6 Å². The van der Waals surface area contributed by atoms with E-state index < -0.39 is 0 Å². The number of carbonyl (C=O) groups excluding carboxylic acids is 1. The second kappa shape index (κ2) is 5.00. The maximum Gasteiger partial charge on any atom is 0.146 e.